The fourth-order valence-electron chi connectivity index (χ4n) is 2.72. The van der Waals surface area contributed by atoms with Crippen LogP contribution in [0.2, 0.25) is 0 Å². The summed E-state index contributed by atoms with van der Waals surface area (Å²) >= 11 is 1.25. The van der Waals surface area contributed by atoms with Crippen LogP contribution in [-0.2, 0) is 17.8 Å². The Hall–Kier alpha value is -3.01. The minimum atomic E-state index is -4.73. The molecule has 0 spiro atoms. The number of hydrogen-bond acceptors (Lipinski definition) is 5. The summed E-state index contributed by atoms with van der Waals surface area (Å²) in [5.74, 6) is -0.406. The molecule has 1 heterocycles. The molecule has 0 saturated carbocycles. The fourth-order valence-corrected chi connectivity index (χ4v) is 3.48. The SMILES string of the molecule is CCc1ccccc1-n1cnnc1SCC(=O)NCc1ccc(OC(F)(F)F)cc1. The number of benzene rings is 2. The van der Waals surface area contributed by atoms with Crippen molar-refractivity contribution >= 4 is 17.7 Å². The van der Waals surface area contributed by atoms with Crippen LogP contribution in [0.25, 0.3) is 5.69 Å². The molecule has 0 atom stereocenters. The number of para-hydroxylation sites is 1. The Morgan fingerprint density at radius 1 is 1.17 bits per heavy atom. The Morgan fingerprint density at radius 2 is 1.90 bits per heavy atom. The van der Waals surface area contributed by atoms with Crippen LogP contribution in [0.15, 0.2) is 60.0 Å². The highest BCUT2D eigenvalue weighted by atomic mass is 32.2. The van der Waals surface area contributed by atoms with Gasteiger partial charge in [0.15, 0.2) is 5.16 Å². The number of aromatic nitrogens is 3. The van der Waals surface area contributed by atoms with E-state index in [-0.39, 0.29) is 24.0 Å². The third-order valence-electron chi connectivity index (χ3n) is 4.13. The molecule has 1 N–H and O–H groups in total. The maximum Gasteiger partial charge on any atom is 0.573 e. The number of hydrogen-bond donors (Lipinski definition) is 1. The van der Waals surface area contributed by atoms with E-state index in [2.05, 4.69) is 27.2 Å². The van der Waals surface area contributed by atoms with Gasteiger partial charge >= 0.3 is 6.36 Å². The molecular weight excluding hydrogens is 417 g/mol. The van der Waals surface area contributed by atoms with E-state index in [9.17, 15) is 18.0 Å². The van der Waals surface area contributed by atoms with Crippen LogP contribution in [0, 0.1) is 0 Å². The molecule has 0 fully saturated rings. The number of rotatable bonds is 8. The highest BCUT2D eigenvalue weighted by Gasteiger charge is 2.30. The summed E-state index contributed by atoms with van der Waals surface area (Å²) in [7, 11) is 0. The smallest absolute Gasteiger partial charge is 0.406 e. The molecule has 3 rings (SSSR count). The van der Waals surface area contributed by atoms with Crippen LogP contribution in [0.5, 0.6) is 5.75 Å². The van der Waals surface area contributed by atoms with E-state index in [1.165, 1.54) is 36.0 Å². The zero-order valence-corrected chi connectivity index (χ0v) is 16.8. The molecule has 0 bridgehead atoms. The van der Waals surface area contributed by atoms with Crippen LogP contribution in [0.1, 0.15) is 18.1 Å². The van der Waals surface area contributed by atoms with Crippen molar-refractivity contribution in [1.29, 1.82) is 0 Å². The normalized spacial score (nSPS) is 11.3. The van der Waals surface area contributed by atoms with Crippen molar-refractivity contribution in [1.82, 2.24) is 20.1 Å². The summed E-state index contributed by atoms with van der Waals surface area (Å²) in [4.78, 5) is 12.2. The maximum atomic E-state index is 12.2. The second-order valence-electron chi connectivity index (χ2n) is 6.22. The first-order valence-corrected chi connectivity index (χ1v) is 10.1. The largest absolute Gasteiger partial charge is 0.573 e. The highest BCUT2D eigenvalue weighted by molar-refractivity contribution is 7.99. The van der Waals surface area contributed by atoms with Crippen LogP contribution in [0.3, 0.4) is 0 Å². The van der Waals surface area contributed by atoms with E-state index in [4.69, 9.17) is 0 Å². The maximum absolute atomic E-state index is 12.2. The minimum Gasteiger partial charge on any atom is -0.406 e. The predicted octanol–water partition coefficient (Wildman–Crippen LogP) is 4.14. The lowest BCUT2D eigenvalue weighted by atomic mass is 10.1. The third kappa shape index (κ3) is 5.99. The van der Waals surface area contributed by atoms with Gasteiger partial charge in [-0.25, -0.2) is 0 Å². The highest BCUT2D eigenvalue weighted by Crippen LogP contribution is 2.23. The predicted molar refractivity (Wildman–Crippen MR) is 106 cm³/mol. The lowest BCUT2D eigenvalue weighted by Crippen LogP contribution is -2.24. The van der Waals surface area contributed by atoms with Crippen molar-refractivity contribution in [3.8, 4) is 11.4 Å². The third-order valence-corrected chi connectivity index (χ3v) is 5.07. The summed E-state index contributed by atoms with van der Waals surface area (Å²) in [5, 5.41) is 11.4. The fraction of sp³-hybridized carbons (Fsp3) is 0.250. The molecule has 0 saturated heterocycles. The lowest BCUT2D eigenvalue weighted by molar-refractivity contribution is -0.274. The van der Waals surface area contributed by atoms with Gasteiger partial charge in [-0.2, -0.15) is 0 Å². The van der Waals surface area contributed by atoms with Gasteiger partial charge < -0.3 is 10.1 Å². The molecule has 6 nitrogen and oxygen atoms in total. The second kappa shape index (κ2) is 9.66. The molecular formula is C20H19F3N4O2S. The first-order chi connectivity index (χ1) is 14.4. The Labute approximate surface area is 175 Å². The summed E-state index contributed by atoms with van der Waals surface area (Å²) in [6.45, 7) is 2.25. The number of aryl methyl sites for hydroxylation is 1. The van der Waals surface area contributed by atoms with E-state index >= 15 is 0 Å². The van der Waals surface area contributed by atoms with Crippen molar-refractivity contribution in [2.24, 2.45) is 0 Å². The molecule has 0 unspecified atom stereocenters. The Morgan fingerprint density at radius 3 is 2.60 bits per heavy atom. The number of amides is 1. The molecule has 0 radical (unpaired) electrons. The van der Waals surface area contributed by atoms with Crippen molar-refractivity contribution in [2.75, 3.05) is 5.75 Å². The monoisotopic (exact) mass is 436 g/mol. The molecule has 158 valence electrons. The molecule has 0 aliphatic rings. The summed E-state index contributed by atoms with van der Waals surface area (Å²) in [6.07, 6.45) is -2.27. The van der Waals surface area contributed by atoms with E-state index in [0.717, 1.165) is 17.7 Å². The molecule has 1 aromatic heterocycles. The van der Waals surface area contributed by atoms with Gasteiger partial charge in [-0.05, 0) is 35.7 Å². The number of ether oxygens (including phenoxy) is 1. The second-order valence-corrected chi connectivity index (χ2v) is 7.17. The number of alkyl halides is 3. The van der Waals surface area contributed by atoms with Crippen molar-refractivity contribution in [3.63, 3.8) is 0 Å². The number of nitrogens with zero attached hydrogens (tertiary/aromatic N) is 3. The topological polar surface area (TPSA) is 69.0 Å². The molecule has 3 aromatic rings. The summed E-state index contributed by atoms with van der Waals surface area (Å²) in [5.41, 5.74) is 2.76. The molecule has 0 aliphatic heterocycles. The quantitative estimate of drug-likeness (QED) is 0.538. The molecule has 10 heteroatoms. The number of thioether (sulfide) groups is 1. The van der Waals surface area contributed by atoms with E-state index in [1.54, 1.807) is 6.33 Å². The van der Waals surface area contributed by atoms with Gasteiger partial charge in [-0.1, -0.05) is 49.0 Å². The van der Waals surface area contributed by atoms with Gasteiger partial charge in [0.2, 0.25) is 5.91 Å². The van der Waals surface area contributed by atoms with E-state index in [0.29, 0.717) is 10.7 Å². The molecule has 1 amide bonds. The van der Waals surface area contributed by atoms with Crippen LogP contribution in [-0.4, -0.2) is 32.8 Å². The minimum absolute atomic E-state index is 0.127. The summed E-state index contributed by atoms with van der Waals surface area (Å²) < 4.78 is 42.2. The molecule has 30 heavy (non-hydrogen) atoms. The zero-order chi connectivity index (χ0) is 21.6. The van der Waals surface area contributed by atoms with E-state index < -0.39 is 6.36 Å². The van der Waals surface area contributed by atoms with Crippen molar-refractivity contribution < 1.29 is 22.7 Å². The van der Waals surface area contributed by atoms with Crippen LogP contribution in [0.4, 0.5) is 13.2 Å². The number of carbonyl (C=O) groups is 1. The van der Waals surface area contributed by atoms with Crippen molar-refractivity contribution in [3.05, 3.63) is 66.0 Å². The molecule has 2 aromatic carbocycles. The number of halogens is 3. The number of carbonyl (C=O) groups excluding carboxylic acids is 1. The van der Waals surface area contributed by atoms with Gasteiger partial charge in [0, 0.05) is 6.54 Å². The summed E-state index contributed by atoms with van der Waals surface area (Å²) in [6, 6.07) is 13.2. The Balaban J connectivity index is 1.53. The Bertz CT molecular complexity index is 990. The van der Waals surface area contributed by atoms with Crippen LogP contribution >= 0.6 is 11.8 Å². The van der Waals surface area contributed by atoms with Gasteiger partial charge in [0.05, 0.1) is 11.4 Å². The molecule has 0 aliphatic carbocycles. The zero-order valence-electron chi connectivity index (χ0n) is 16.0. The van der Waals surface area contributed by atoms with Gasteiger partial charge in [0.25, 0.3) is 0 Å². The first-order valence-electron chi connectivity index (χ1n) is 9.08. The van der Waals surface area contributed by atoms with Gasteiger partial charge in [-0.15, -0.1) is 23.4 Å². The van der Waals surface area contributed by atoms with E-state index in [1.807, 2.05) is 28.8 Å². The average Bonchev–Trinajstić information content (AvgIpc) is 3.19. The number of nitrogens with one attached hydrogen (secondary N) is 1. The van der Waals surface area contributed by atoms with Crippen molar-refractivity contribution in [2.45, 2.75) is 31.4 Å². The van der Waals surface area contributed by atoms with Gasteiger partial charge in [-0.3, -0.25) is 9.36 Å². The first kappa shape index (κ1) is 21.7. The standard InChI is InChI=1S/C20H19F3N4O2S/c1-2-15-5-3-4-6-17(15)27-13-25-26-19(27)30-12-18(28)24-11-14-7-9-16(10-8-14)29-20(21,22)23/h3-10,13H,2,11-12H2,1H3,(H,24,28). The van der Waals surface area contributed by atoms with Gasteiger partial charge in [0.1, 0.15) is 12.1 Å². The lowest BCUT2D eigenvalue weighted by Gasteiger charge is -2.11. The average molecular weight is 436 g/mol. The Kier molecular flexibility index (Phi) is 6.99. The van der Waals surface area contributed by atoms with Crippen LogP contribution < -0.4 is 10.1 Å².